The Morgan fingerprint density at radius 3 is 2.50 bits per heavy atom. The van der Waals surface area contributed by atoms with Gasteiger partial charge in [-0.05, 0) is 12.1 Å². The van der Waals surface area contributed by atoms with Gasteiger partial charge in [-0.1, -0.05) is 39.6 Å². The summed E-state index contributed by atoms with van der Waals surface area (Å²) in [5, 5.41) is 8.31. The molecule has 4 nitrogen and oxygen atoms in total. The second-order valence-corrected chi connectivity index (χ2v) is 3.52. The Hall–Kier alpha value is -1.26. The fraction of sp³-hybridized carbons (Fsp3) is 0.200. The number of oxime groups is 2. The van der Waals surface area contributed by atoms with Crippen molar-refractivity contribution in [3.8, 4) is 0 Å². The summed E-state index contributed by atoms with van der Waals surface area (Å²) in [6, 6.07) is 5.10. The van der Waals surface area contributed by atoms with E-state index in [0.717, 1.165) is 5.56 Å². The zero-order valence-corrected chi connectivity index (χ0v) is 10.3. The number of rotatable bonds is 4. The van der Waals surface area contributed by atoms with Crippen LogP contribution in [0.15, 0.2) is 28.5 Å². The maximum absolute atomic E-state index is 5.89. The van der Waals surface area contributed by atoms with Gasteiger partial charge in [0.15, 0.2) is 0 Å². The standard InChI is InChI=1S/C10H10Cl2N2O2/c1-15-13-6-10(14-16-2)7-3-4-8(11)9(12)5-7/h3-6H,1-2H3. The molecule has 1 aromatic carbocycles. The van der Waals surface area contributed by atoms with Crippen molar-refractivity contribution in [1.82, 2.24) is 0 Å². The number of benzene rings is 1. The second kappa shape index (κ2) is 6.35. The van der Waals surface area contributed by atoms with Crippen molar-refractivity contribution in [2.24, 2.45) is 10.3 Å². The minimum Gasteiger partial charge on any atom is -0.399 e. The van der Waals surface area contributed by atoms with E-state index < -0.39 is 0 Å². The first-order valence-electron chi connectivity index (χ1n) is 4.32. The van der Waals surface area contributed by atoms with Gasteiger partial charge in [0.05, 0.1) is 16.3 Å². The molecule has 0 spiro atoms. The predicted octanol–water partition coefficient (Wildman–Crippen LogP) is 2.98. The van der Waals surface area contributed by atoms with Crippen molar-refractivity contribution >= 4 is 35.1 Å². The van der Waals surface area contributed by atoms with Crippen LogP contribution in [0.1, 0.15) is 5.56 Å². The molecule has 0 N–H and O–H groups in total. The Morgan fingerprint density at radius 1 is 1.19 bits per heavy atom. The van der Waals surface area contributed by atoms with Crippen LogP contribution in [0.3, 0.4) is 0 Å². The van der Waals surface area contributed by atoms with Crippen LogP contribution in [0.5, 0.6) is 0 Å². The minimum absolute atomic E-state index is 0.439. The fourth-order valence-corrected chi connectivity index (χ4v) is 1.31. The van der Waals surface area contributed by atoms with Gasteiger partial charge in [-0.3, -0.25) is 0 Å². The van der Waals surface area contributed by atoms with E-state index in [2.05, 4.69) is 15.1 Å². The Balaban J connectivity index is 3.07. The summed E-state index contributed by atoms with van der Waals surface area (Å²) >= 11 is 11.7. The summed E-state index contributed by atoms with van der Waals surface area (Å²) in [6.07, 6.45) is 1.42. The molecular formula is C10H10Cl2N2O2. The van der Waals surface area contributed by atoms with Crippen LogP contribution in [0.25, 0.3) is 0 Å². The van der Waals surface area contributed by atoms with E-state index in [-0.39, 0.29) is 0 Å². The molecule has 86 valence electrons. The first kappa shape index (κ1) is 12.8. The maximum atomic E-state index is 5.89. The lowest BCUT2D eigenvalue weighted by atomic mass is 10.1. The van der Waals surface area contributed by atoms with E-state index in [1.54, 1.807) is 18.2 Å². The Labute approximate surface area is 103 Å². The van der Waals surface area contributed by atoms with Crippen molar-refractivity contribution in [2.75, 3.05) is 14.2 Å². The van der Waals surface area contributed by atoms with Gasteiger partial charge in [-0.25, -0.2) is 0 Å². The third-order valence-electron chi connectivity index (χ3n) is 1.69. The van der Waals surface area contributed by atoms with Gasteiger partial charge in [0, 0.05) is 5.56 Å². The van der Waals surface area contributed by atoms with Crippen molar-refractivity contribution in [1.29, 1.82) is 0 Å². The molecule has 0 aliphatic carbocycles. The van der Waals surface area contributed by atoms with Crippen LogP contribution >= 0.6 is 23.2 Å². The summed E-state index contributed by atoms with van der Waals surface area (Å²) in [5.74, 6) is 0. The second-order valence-electron chi connectivity index (χ2n) is 2.71. The smallest absolute Gasteiger partial charge is 0.131 e. The largest absolute Gasteiger partial charge is 0.399 e. The molecule has 0 saturated heterocycles. The highest BCUT2D eigenvalue weighted by Crippen LogP contribution is 2.22. The van der Waals surface area contributed by atoms with Crippen LogP contribution in [-0.4, -0.2) is 26.1 Å². The SMILES string of the molecule is CON=CC(=NOC)c1ccc(Cl)c(Cl)c1. The monoisotopic (exact) mass is 260 g/mol. The lowest BCUT2D eigenvalue weighted by molar-refractivity contribution is 0.211. The third kappa shape index (κ3) is 3.40. The van der Waals surface area contributed by atoms with E-state index in [0.29, 0.717) is 15.8 Å². The van der Waals surface area contributed by atoms with Gasteiger partial charge in [0.1, 0.15) is 19.9 Å². The molecule has 0 heterocycles. The van der Waals surface area contributed by atoms with E-state index in [1.807, 2.05) is 0 Å². The van der Waals surface area contributed by atoms with Crippen molar-refractivity contribution in [2.45, 2.75) is 0 Å². The Kier molecular flexibility index (Phi) is 5.08. The highest BCUT2D eigenvalue weighted by Gasteiger charge is 2.05. The van der Waals surface area contributed by atoms with Crippen LogP contribution in [0.2, 0.25) is 10.0 Å². The molecule has 0 aliphatic heterocycles. The number of hydrogen-bond acceptors (Lipinski definition) is 4. The first-order chi connectivity index (χ1) is 7.69. The zero-order valence-electron chi connectivity index (χ0n) is 8.78. The molecule has 16 heavy (non-hydrogen) atoms. The average molecular weight is 261 g/mol. The number of nitrogens with zero attached hydrogens (tertiary/aromatic N) is 2. The first-order valence-corrected chi connectivity index (χ1v) is 5.07. The fourth-order valence-electron chi connectivity index (χ4n) is 1.01. The molecule has 0 unspecified atom stereocenters. The van der Waals surface area contributed by atoms with Gasteiger partial charge < -0.3 is 9.68 Å². The molecule has 0 bridgehead atoms. The van der Waals surface area contributed by atoms with Crippen molar-refractivity contribution < 1.29 is 9.68 Å². The highest BCUT2D eigenvalue weighted by atomic mass is 35.5. The van der Waals surface area contributed by atoms with E-state index in [4.69, 9.17) is 28.0 Å². The molecule has 0 aromatic heterocycles. The highest BCUT2D eigenvalue weighted by molar-refractivity contribution is 6.43. The summed E-state index contributed by atoms with van der Waals surface area (Å²) in [5.41, 5.74) is 1.22. The summed E-state index contributed by atoms with van der Waals surface area (Å²) in [6.45, 7) is 0. The van der Waals surface area contributed by atoms with Crippen LogP contribution in [-0.2, 0) is 9.68 Å². The molecule has 1 rings (SSSR count). The zero-order chi connectivity index (χ0) is 12.0. The summed E-state index contributed by atoms with van der Waals surface area (Å²) in [7, 11) is 2.88. The maximum Gasteiger partial charge on any atom is 0.131 e. The van der Waals surface area contributed by atoms with Crippen LogP contribution in [0.4, 0.5) is 0 Å². The van der Waals surface area contributed by atoms with E-state index >= 15 is 0 Å². The molecule has 0 aliphatic rings. The lowest BCUT2D eigenvalue weighted by Crippen LogP contribution is -2.03. The quantitative estimate of drug-likeness (QED) is 0.617. The topological polar surface area (TPSA) is 43.2 Å². The third-order valence-corrected chi connectivity index (χ3v) is 2.42. The molecule has 1 aromatic rings. The van der Waals surface area contributed by atoms with Crippen LogP contribution < -0.4 is 0 Å². The predicted molar refractivity (Wildman–Crippen MR) is 65.5 cm³/mol. The average Bonchev–Trinajstić information content (AvgIpc) is 2.28. The Bertz CT molecular complexity index is 419. The minimum atomic E-state index is 0.439. The van der Waals surface area contributed by atoms with Crippen molar-refractivity contribution in [3.05, 3.63) is 33.8 Å². The van der Waals surface area contributed by atoms with Gasteiger partial charge in [0.2, 0.25) is 0 Å². The van der Waals surface area contributed by atoms with Gasteiger partial charge in [0.25, 0.3) is 0 Å². The molecular weight excluding hydrogens is 251 g/mol. The summed E-state index contributed by atoms with van der Waals surface area (Å²) in [4.78, 5) is 9.26. The molecule has 0 atom stereocenters. The van der Waals surface area contributed by atoms with Gasteiger partial charge in [-0.15, -0.1) is 0 Å². The summed E-state index contributed by atoms with van der Waals surface area (Å²) < 4.78 is 0. The normalized spacial score (nSPS) is 11.9. The molecule has 6 heteroatoms. The van der Waals surface area contributed by atoms with Crippen molar-refractivity contribution in [3.63, 3.8) is 0 Å². The lowest BCUT2D eigenvalue weighted by Gasteiger charge is -2.02. The number of hydrogen-bond donors (Lipinski definition) is 0. The van der Waals surface area contributed by atoms with Gasteiger partial charge in [-0.2, -0.15) is 0 Å². The number of halogens is 2. The molecule has 0 fully saturated rings. The van der Waals surface area contributed by atoms with Crippen LogP contribution in [0, 0.1) is 0 Å². The van der Waals surface area contributed by atoms with Gasteiger partial charge >= 0.3 is 0 Å². The molecule has 0 amide bonds. The van der Waals surface area contributed by atoms with E-state index in [1.165, 1.54) is 20.4 Å². The molecule has 0 radical (unpaired) electrons. The Morgan fingerprint density at radius 2 is 1.94 bits per heavy atom. The van der Waals surface area contributed by atoms with E-state index in [9.17, 15) is 0 Å². The molecule has 0 saturated carbocycles.